The zero-order chi connectivity index (χ0) is 18.1. The first-order chi connectivity index (χ1) is 12.6. The van der Waals surface area contributed by atoms with Gasteiger partial charge in [0.15, 0.2) is 0 Å². The largest absolute Gasteiger partial charge is 0.477 e. The van der Waals surface area contributed by atoms with Crippen molar-refractivity contribution in [3.05, 3.63) is 42.2 Å². The van der Waals surface area contributed by atoms with Crippen LogP contribution < -0.4 is 10.1 Å². The highest BCUT2D eigenvalue weighted by atomic mass is 19.1. The van der Waals surface area contributed by atoms with E-state index in [1.807, 2.05) is 0 Å². The maximum atomic E-state index is 13.2. The van der Waals surface area contributed by atoms with Gasteiger partial charge in [0.05, 0.1) is 24.6 Å². The zero-order valence-electron chi connectivity index (χ0n) is 13.5. The predicted octanol–water partition coefficient (Wildman–Crippen LogP) is 1.84. The predicted molar refractivity (Wildman–Crippen MR) is 86.3 cm³/mol. The van der Waals surface area contributed by atoms with Crippen molar-refractivity contribution in [2.75, 3.05) is 11.9 Å². The van der Waals surface area contributed by atoms with E-state index in [0.29, 0.717) is 23.7 Å². The lowest BCUT2D eigenvalue weighted by Crippen LogP contribution is -2.19. The number of fused-ring (bicyclic) bond motifs is 1. The van der Waals surface area contributed by atoms with E-state index in [0.717, 1.165) is 31.2 Å². The van der Waals surface area contributed by atoms with Gasteiger partial charge < -0.3 is 10.1 Å². The average Bonchev–Trinajstić information content (AvgIpc) is 3.20. The normalized spacial score (nSPS) is 13.2. The Hall–Kier alpha value is -3.30. The topological polar surface area (TPSA) is 86.9 Å². The van der Waals surface area contributed by atoms with Crippen molar-refractivity contribution in [1.82, 2.24) is 24.8 Å². The molecule has 26 heavy (non-hydrogen) atoms. The van der Waals surface area contributed by atoms with Gasteiger partial charge in [0, 0.05) is 24.7 Å². The Morgan fingerprint density at radius 1 is 1.27 bits per heavy atom. The van der Waals surface area contributed by atoms with Crippen molar-refractivity contribution in [2.45, 2.75) is 19.5 Å². The molecule has 0 atom stereocenters. The number of anilines is 1. The number of ether oxygens (including phenoxy) is 1. The second-order valence-electron chi connectivity index (χ2n) is 5.80. The van der Waals surface area contributed by atoms with Gasteiger partial charge >= 0.3 is 0 Å². The van der Waals surface area contributed by atoms with E-state index in [2.05, 4.69) is 20.7 Å². The summed E-state index contributed by atoms with van der Waals surface area (Å²) in [4.78, 5) is 12.0. The minimum Gasteiger partial charge on any atom is -0.477 e. The summed E-state index contributed by atoms with van der Waals surface area (Å²) in [5, 5.41) is 14.6. The molecule has 8 nitrogen and oxygen atoms in total. The monoisotopic (exact) mass is 360 g/mol. The van der Waals surface area contributed by atoms with E-state index in [9.17, 15) is 13.6 Å². The molecule has 0 radical (unpaired) electrons. The zero-order valence-corrected chi connectivity index (χ0v) is 13.5. The van der Waals surface area contributed by atoms with Crippen LogP contribution in [0.4, 0.5) is 14.5 Å². The first-order valence-corrected chi connectivity index (χ1v) is 7.93. The first-order valence-electron chi connectivity index (χ1n) is 7.93. The highest BCUT2D eigenvalue weighted by Crippen LogP contribution is 2.30. The smallest absolute Gasteiger partial charge is 0.246 e. The van der Waals surface area contributed by atoms with Gasteiger partial charge in [0.25, 0.3) is 0 Å². The van der Waals surface area contributed by atoms with E-state index in [1.165, 1.54) is 4.68 Å². The van der Waals surface area contributed by atoms with Crippen LogP contribution in [0.25, 0.3) is 11.3 Å². The third-order valence-electron chi connectivity index (χ3n) is 3.81. The second kappa shape index (κ2) is 6.54. The molecule has 3 heterocycles. The van der Waals surface area contributed by atoms with Gasteiger partial charge in [-0.2, -0.15) is 5.10 Å². The first kappa shape index (κ1) is 16.2. The second-order valence-corrected chi connectivity index (χ2v) is 5.80. The highest BCUT2D eigenvalue weighted by molar-refractivity contribution is 5.90. The fourth-order valence-electron chi connectivity index (χ4n) is 2.72. The van der Waals surface area contributed by atoms with Crippen LogP contribution in [0.3, 0.4) is 0 Å². The highest BCUT2D eigenvalue weighted by Gasteiger charge is 2.20. The van der Waals surface area contributed by atoms with Crippen LogP contribution in [-0.4, -0.2) is 37.3 Å². The number of nitrogens with zero attached hydrogens (tertiary/aromatic N) is 5. The van der Waals surface area contributed by atoms with E-state index >= 15 is 0 Å². The lowest BCUT2D eigenvalue weighted by molar-refractivity contribution is -0.116. The van der Waals surface area contributed by atoms with Crippen LogP contribution in [0.5, 0.6) is 5.88 Å². The number of hydrogen-bond acceptors (Lipinski definition) is 5. The van der Waals surface area contributed by atoms with Crippen molar-refractivity contribution < 1.29 is 18.3 Å². The molecule has 1 aliphatic heterocycles. The van der Waals surface area contributed by atoms with Gasteiger partial charge in [0.1, 0.15) is 23.9 Å². The van der Waals surface area contributed by atoms with Gasteiger partial charge in [-0.25, -0.2) is 18.1 Å². The van der Waals surface area contributed by atoms with Crippen molar-refractivity contribution in [3.8, 4) is 17.1 Å². The number of carbonyl (C=O) groups excluding carboxylic acids is 1. The summed E-state index contributed by atoms with van der Waals surface area (Å²) in [7, 11) is 0. The number of nitrogens with one attached hydrogen (secondary N) is 1. The molecule has 0 spiro atoms. The van der Waals surface area contributed by atoms with Gasteiger partial charge in [0.2, 0.25) is 11.8 Å². The molecule has 0 unspecified atom stereocenters. The van der Waals surface area contributed by atoms with Crippen molar-refractivity contribution in [1.29, 1.82) is 0 Å². The molecule has 134 valence electrons. The molecule has 10 heteroatoms. The molecule has 2 aromatic heterocycles. The van der Waals surface area contributed by atoms with Crippen molar-refractivity contribution >= 4 is 11.6 Å². The fraction of sp³-hybridized carbons (Fsp3) is 0.250. The molecule has 1 amide bonds. The Morgan fingerprint density at radius 3 is 2.88 bits per heavy atom. The minimum atomic E-state index is -0.769. The maximum Gasteiger partial charge on any atom is 0.246 e. The maximum absolute atomic E-state index is 13.2. The number of aryl methyl sites for hydroxylation is 1. The molecule has 0 saturated carbocycles. The van der Waals surface area contributed by atoms with Crippen molar-refractivity contribution in [2.24, 2.45) is 0 Å². The van der Waals surface area contributed by atoms with Crippen LogP contribution >= 0.6 is 0 Å². The Morgan fingerprint density at radius 2 is 2.08 bits per heavy atom. The molecule has 1 aromatic carbocycles. The van der Waals surface area contributed by atoms with E-state index in [4.69, 9.17) is 4.74 Å². The number of amides is 1. The SMILES string of the molecule is O=C(Cn1cc(-c2cnn3c2OCCC3)nn1)Nc1cc(F)cc(F)c1. The average molecular weight is 360 g/mol. The summed E-state index contributed by atoms with van der Waals surface area (Å²) in [5.74, 6) is -1.40. The molecule has 0 saturated heterocycles. The van der Waals surface area contributed by atoms with Crippen molar-refractivity contribution in [3.63, 3.8) is 0 Å². The lowest BCUT2D eigenvalue weighted by Gasteiger charge is -2.15. The molecular formula is C16H14F2N6O2. The molecule has 1 N–H and O–H groups in total. The fourth-order valence-corrected chi connectivity index (χ4v) is 2.72. The summed E-state index contributed by atoms with van der Waals surface area (Å²) in [6.45, 7) is 1.23. The van der Waals surface area contributed by atoms with Crippen LogP contribution in [0.1, 0.15) is 6.42 Å². The summed E-state index contributed by atoms with van der Waals surface area (Å²) in [6.07, 6.45) is 4.12. The van der Waals surface area contributed by atoms with Gasteiger partial charge in [-0.1, -0.05) is 5.21 Å². The van der Waals surface area contributed by atoms with E-state index < -0.39 is 17.5 Å². The van der Waals surface area contributed by atoms with Gasteiger partial charge in [-0.15, -0.1) is 5.10 Å². The Balaban J connectivity index is 1.46. The summed E-state index contributed by atoms with van der Waals surface area (Å²) in [5.41, 5.74) is 1.26. The summed E-state index contributed by atoms with van der Waals surface area (Å²) < 4.78 is 35.0. The summed E-state index contributed by atoms with van der Waals surface area (Å²) >= 11 is 0. The number of aromatic nitrogens is 5. The number of halogens is 2. The minimum absolute atomic E-state index is 0.0342. The quantitative estimate of drug-likeness (QED) is 0.767. The Kier molecular flexibility index (Phi) is 4.07. The lowest BCUT2D eigenvalue weighted by atomic mass is 10.2. The molecule has 1 aliphatic rings. The standard InChI is InChI=1S/C16H14F2N6O2/c17-10-4-11(18)6-12(5-10)20-15(25)9-23-8-14(21-22-23)13-7-19-24-2-1-3-26-16(13)24/h4-8H,1-3,9H2,(H,20,25). The van der Waals surface area contributed by atoms with E-state index in [-0.39, 0.29) is 12.2 Å². The molecule has 0 fully saturated rings. The molecule has 4 rings (SSSR count). The van der Waals surface area contributed by atoms with Crippen LogP contribution in [0, 0.1) is 11.6 Å². The van der Waals surface area contributed by atoms with Gasteiger partial charge in [-0.3, -0.25) is 4.79 Å². The van der Waals surface area contributed by atoms with Crippen LogP contribution in [0.2, 0.25) is 0 Å². The van der Waals surface area contributed by atoms with Crippen LogP contribution in [-0.2, 0) is 17.9 Å². The number of benzene rings is 1. The van der Waals surface area contributed by atoms with Crippen LogP contribution in [0.15, 0.2) is 30.6 Å². The third-order valence-corrected chi connectivity index (χ3v) is 3.81. The number of rotatable bonds is 4. The van der Waals surface area contributed by atoms with E-state index in [1.54, 1.807) is 17.1 Å². The molecular weight excluding hydrogens is 346 g/mol. The Labute approximate surface area is 146 Å². The Bertz CT molecular complexity index is 947. The molecule has 0 bridgehead atoms. The number of carbonyl (C=O) groups is 1. The summed E-state index contributed by atoms with van der Waals surface area (Å²) in [6, 6.07) is 2.79. The molecule has 0 aliphatic carbocycles. The number of hydrogen-bond donors (Lipinski definition) is 1. The van der Waals surface area contributed by atoms with Gasteiger partial charge in [-0.05, 0) is 12.1 Å². The third kappa shape index (κ3) is 3.25. The molecule has 3 aromatic rings.